The lowest BCUT2D eigenvalue weighted by Crippen LogP contribution is -2.24. The van der Waals surface area contributed by atoms with Crippen LogP contribution in [0.25, 0.3) is 0 Å². The number of hydrogen-bond acceptors (Lipinski definition) is 4. The summed E-state index contributed by atoms with van der Waals surface area (Å²) in [5.41, 5.74) is 6.57. The summed E-state index contributed by atoms with van der Waals surface area (Å²) < 4.78 is 25.8. The minimum Gasteiger partial charge on any atom is -0.327 e. The first-order chi connectivity index (χ1) is 8.76. The maximum Gasteiger partial charge on any atom is 0.240 e. The van der Waals surface area contributed by atoms with Crippen molar-refractivity contribution in [3.63, 3.8) is 0 Å². The second-order valence-electron chi connectivity index (χ2n) is 4.42. The molecule has 0 radical (unpaired) electrons. The van der Waals surface area contributed by atoms with Gasteiger partial charge in [-0.15, -0.1) is 0 Å². The number of anilines is 1. The summed E-state index contributed by atoms with van der Waals surface area (Å²) >= 11 is 0. The number of rotatable bonds is 5. The van der Waals surface area contributed by atoms with Crippen molar-refractivity contribution in [3.8, 4) is 0 Å². The van der Waals surface area contributed by atoms with Gasteiger partial charge in [0.05, 0.1) is 4.90 Å². The van der Waals surface area contributed by atoms with E-state index in [4.69, 9.17) is 5.73 Å². The van der Waals surface area contributed by atoms with Gasteiger partial charge >= 0.3 is 0 Å². The Balaban J connectivity index is 3.01. The van der Waals surface area contributed by atoms with Crippen molar-refractivity contribution in [2.24, 2.45) is 5.73 Å². The summed E-state index contributed by atoms with van der Waals surface area (Å²) in [7, 11) is -2.19. The highest BCUT2D eigenvalue weighted by molar-refractivity contribution is 7.89. The fraction of sp³-hybridized carbons (Fsp3) is 0.417. The number of benzene rings is 1. The second-order valence-corrected chi connectivity index (χ2v) is 6.27. The highest BCUT2D eigenvalue weighted by Crippen LogP contribution is 2.20. The molecule has 0 heterocycles. The minimum absolute atomic E-state index is 0.147. The maximum atomic E-state index is 11.8. The molecule has 1 atom stereocenters. The number of nitrogens with one attached hydrogen (secondary N) is 2. The van der Waals surface area contributed by atoms with E-state index in [2.05, 4.69) is 10.0 Å². The first-order valence-corrected chi connectivity index (χ1v) is 7.34. The molecule has 1 rings (SSSR count). The molecule has 0 bridgehead atoms. The topological polar surface area (TPSA) is 101 Å². The van der Waals surface area contributed by atoms with Gasteiger partial charge in [0.1, 0.15) is 0 Å². The van der Waals surface area contributed by atoms with Gasteiger partial charge in [0.15, 0.2) is 0 Å². The molecule has 0 aliphatic carbocycles. The summed E-state index contributed by atoms with van der Waals surface area (Å²) in [6, 6.07) is 4.49. The van der Waals surface area contributed by atoms with Gasteiger partial charge in [-0.25, -0.2) is 13.1 Å². The van der Waals surface area contributed by atoms with Crippen LogP contribution in [-0.2, 0) is 14.8 Å². The Hall–Kier alpha value is -1.44. The molecule has 0 aliphatic rings. The number of aryl methyl sites for hydroxylation is 1. The molecule has 1 amide bonds. The largest absolute Gasteiger partial charge is 0.327 e. The molecular formula is C12H19N3O3S. The standard InChI is InChI=1S/C12H19N3O3S/c1-8-4-5-10(15-12(16)6-9(2)13)7-11(8)19(17,18)14-3/h4-5,7,9,14H,6,13H2,1-3H3,(H,15,16). The molecule has 0 aliphatic heterocycles. The van der Waals surface area contributed by atoms with E-state index >= 15 is 0 Å². The third kappa shape index (κ3) is 4.30. The van der Waals surface area contributed by atoms with E-state index in [-0.39, 0.29) is 23.3 Å². The molecule has 0 fully saturated rings. The highest BCUT2D eigenvalue weighted by atomic mass is 32.2. The van der Waals surface area contributed by atoms with E-state index < -0.39 is 10.0 Å². The monoisotopic (exact) mass is 285 g/mol. The van der Waals surface area contributed by atoms with Crippen LogP contribution >= 0.6 is 0 Å². The Kier molecular flexibility index (Phi) is 5.04. The summed E-state index contributed by atoms with van der Waals surface area (Å²) in [5.74, 6) is -0.244. The fourth-order valence-corrected chi connectivity index (χ4v) is 2.58. The van der Waals surface area contributed by atoms with Gasteiger partial charge in [-0.2, -0.15) is 0 Å². The summed E-state index contributed by atoms with van der Waals surface area (Å²) in [6.07, 6.45) is 0.183. The average Bonchev–Trinajstić information content (AvgIpc) is 2.30. The van der Waals surface area contributed by atoms with Gasteiger partial charge < -0.3 is 11.1 Å². The molecule has 0 spiro atoms. The van der Waals surface area contributed by atoms with E-state index in [1.165, 1.54) is 13.1 Å². The van der Waals surface area contributed by atoms with Crippen LogP contribution in [0.4, 0.5) is 5.69 Å². The lowest BCUT2D eigenvalue weighted by Gasteiger charge is -2.11. The van der Waals surface area contributed by atoms with E-state index in [9.17, 15) is 13.2 Å². The van der Waals surface area contributed by atoms with Gasteiger partial charge in [-0.3, -0.25) is 4.79 Å². The first-order valence-electron chi connectivity index (χ1n) is 5.86. The molecule has 1 aromatic rings. The third-order valence-electron chi connectivity index (χ3n) is 2.54. The lowest BCUT2D eigenvalue weighted by molar-refractivity contribution is -0.116. The Labute approximate surface area is 113 Å². The maximum absolute atomic E-state index is 11.8. The van der Waals surface area contributed by atoms with Gasteiger partial charge in [0, 0.05) is 18.2 Å². The molecule has 0 saturated carbocycles. The fourth-order valence-electron chi connectivity index (χ4n) is 1.58. The van der Waals surface area contributed by atoms with Crippen molar-refractivity contribution in [3.05, 3.63) is 23.8 Å². The van der Waals surface area contributed by atoms with Crippen molar-refractivity contribution in [1.29, 1.82) is 0 Å². The van der Waals surface area contributed by atoms with Crippen molar-refractivity contribution in [2.75, 3.05) is 12.4 Å². The molecule has 7 heteroatoms. The summed E-state index contributed by atoms with van der Waals surface area (Å²) in [6.45, 7) is 3.42. The first kappa shape index (κ1) is 15.6. The van der Waals surface area contributed by atoms with Crippen LogP contribution in [-0.4, -0.2) is 27.4 Å². The lowest BCUT2D eigenvalue weighted by atomic mass is 10.2. The van der Waals surface area contributed by atoms with Crippen molar-refractivity contribution in [2.45, 2.75) is 31.2 Å². The predicted molar refractivity (Wildman–Crippen MR) is 74.3 cm³/mol. The van der Waals surface area contributed by atoms with Crippen LogP contribution < -0.4 is 15.8 Å². The highest BCUT2D eigenvalue weighted by Gasteiger charge is 2.15. The average molecular weight is 285 g/mol. The van der Waals surface area contributed by atoms with Crippen LogP contribution in [0.3, 0.4) is 0 Å². The third-order valence-corrected chi connectivity index (χ3v) is 4.09. The molecule has 19 heavy (non-hydrogen) atoms. The number of amides is 1. The number of hydrogen-bond donors (Lipinski definition) is 3. The Morgan fingerprint density at radius 2 is 2.05 bits per heavy atom. The number of sulfonamides is 1. The zero-order chi connectivity index (χ0) is 14.6. The number of nitrogens with two attached hydrogens (primary N) is 1. The normalized spacial score (nSPS) is 13.1. The SMILES string of the molecule is CNS(=O)(=O)c1cc(NC(=O)CC(C)N)ccc1C. The zero-order valence-electron chi connectivity index (χ0n) is 11.2. The van der Waals surface area contributed by atoms with Crippen molar-refractivity contribution in [1.82, 2.24) is 4.72 Å². The molecule has 1 aromatic carbocycles. The van der Waals surface area contributed by atoms with E-state index in [1.807, 2.05) is 0 Å². The van der Waals surface area contributed by atoms with Crippen LogP contribution in [0, 0.1) is 6.92 Å². The minimum atomic E-state index is -3.54. The summed E-state index contributed by atoms with van der Waals surface area (Å²) in [5, 5.41) is 2.63. The van der Waals surface area contributed by atoms with Crippen LogP contribution in [0.2, 0.25) is 0 Å². The molecule has 4 N–H and O–H groups in total. The van der Waals surface area contributed by atoms with E-state index in [0.717, 1.165) is 0 Å². The van der Waals surface area contributed by atoms with E-state index in [0.29, 0.717) is 11.3 Å². The van der Waals surface area contributed by atoms with Crippen LogP contribution in [0.5, 0.6) is 0 Å². The zero-order valence-corrected chi connectivity index (χ0v) is 12.0. The van der Waals surface area contributed by atoms with Gasteiger partial charge in [0.25, 0.3) is 0 Å². The quantitative estimate of drug-likeness (QED) is 0.736. The van der Waals surface area contributed by atoms with Crippen LogP contribution in [0.1, 0.15) is 18.9 Å². The Morgan fingerprint density at radius 3 is 2.58 bits per heavy atom. The molecule has 0 aromatic heterocycles. The molecule has 6 nitrogen and oxygen atoms in total. The smallest absolute Gasteiger partial charge is 0.240 e. The Bertz CT molecular complexity index is 568. The van der Waals surface area contributed by atoms with Gasteiger partial charge in [-0.05, 0) is 38.6 Å². The number of carbonyl (C=O) groups excluding carboxylic acids is 1. The van der Waals surface area contributed by atoms with Crippen molar-refractivity contribution >= 4 is 21.6 Å². The predicted octanol–water partition coefficient (Wildman–Crippen LogP) is 0.579. The molecule has 1 unspecified atom stereocenters. The van der Waals surface area contributed by atoms with Crippen LogP contribution in [0.15, 0.2) is 23.1 Å². The van der Waals surface area contributed by atoms with Crippen molar-refractivity contribution < 1.29 is 13.2 Å². The molecular weight excluding hydrogens is 266 g/mol. The van der Waals surface area contributed by atoms with Gasteiger partial charge in [0.2, 0.25) is 15.9 Å². The number of carbonyl (C=O) groups is 1. The Morgan fingerprint density at radius 1 is 1.42 bits per heavy atom. The van der Waals surface area contributed by atoms with E-state index in [1.54, 1.807) is 26.0 Å². The summed E-state index contributed by atoms with van der Waals surface area (Å²) in [4.78, 5) is 11.7. The second kappa shape index (κ2) is 6.14. The van der Waals surface area contributed by atoms with Gasteiger partial charge in [-0.1, -0.05) is 6.07 Å². The molecule has 0 saturated heterocycles. The molecule has 106 valence electrons.